The van der Waals surface area contributed by atoms with Crippen molar-refractivity contribution in [2.75, 3.05) is 30.9 Å². The van der Waals surface area contributed by atoms with Gasteiger partial charge in [0.25, 0.3) is 0 Å². The van der Waals surface area contributed by atoms with Crippen LogP contribution in [0.2, 0.25) is 5.02 Å². The summed E-state index contributed by atoms with van der Waals surface area (Å²) in [5, 5.41) is 10.3. The molecule has 0 amide bonds. The molecule has 1 heterocycles. The third-order valence-corrected chi connectivity index (χ3v) is 6.67. The van der Waals surface area contributed by atoms with E-state index < -0.39 is 21.3 Å². The van der Waals surface area contributed by atoms with Gasteiger partial charge in [-0.05, 0) is 18.1 Å². The molecule has 1 saturated heterocycles. The molecule has 0 aromatic heterocycles. The monoisotopic (exact) mass is 349 g/mol. The number of aliphatic hydroxyl groups excluding tert-OH is 1. The Kier molecular flexibility index (Phi) is 5.96. The molecule has 0 aliphatic carbocycles. The maximum absolute atomic E-state index is 11.8. The molecule has 0 radical (unpaired) electrons. The molecule has 118 valence electrons. The van der Waals surface area contributed by atoms with Gasteiger partial charge in [0.15, 0.2) is 9.84 Å². The summed E-state index contributed by atoms with van der Waals surface area (Å²) in [7, 11) is -3.10. The molecule has 1 fully saturated rings. The van der Waals surface area contributed by atoms with Gasteiger partial charge in [-0.1, -0.05) is 29.8 Å². The van der Waals surface area contributed by atoms with Crippen molar-refractivity contribution in [2.24, 2.45) is 0 Å². The van der Waals surface area contributed by atoms with Crippen LogP contribution in [-0.2, 0) is 9.84 Å². The number of benzene rings is 1. The quantitative estimate of drug-likeness (QED) is 0.883. The first-order valence-corrected chi connectivity index (χ1v) is 10.3. The highest BCUT2D eigenvalue weighted by molar-refractivity contribution is 8.00. The molecule has 1 aromatic rings. The van der Waals surface area contributed by atoms with Crippen molar-refractivity contribution in [3.8, 4) is 0 Å². The fourth-order valence-electron chi connectivity index (χ4n) is 2.45. The van der Waals surface area contributed by atoms with Gasteiger partial charge in [-0.15, -0.1) is 0 Å². The van der Waals surface area contributed by atoms with E-state index in [1.807, 2.05) is 17.0 Å². The third kappa shape index (κ3) is 4.60. The molecule has 0 spiro atoms. The standard InChI is InChI=1S/C14H20ClNO3S2/c1-21(18,19)14-10-20-9-8-16(14)7-6-13(17)11-4-2-3-5-12(11)15/h2-5,13-14,17H,6-10H2,1H3. The molecular weight excluding hydrogens is 330 g/mol. The Morgan fingerprint density at radius 2 is 2.19 bits per heavy atom. The van der Waals surface area contributed by atoms with Crippen molar-refractivity contribution in [3.05, 3.63) is 34.9 Å². The Balaban J connectivity index is 1.99. The van der Waals surface area contributed by atoms with Crippen LogP contribution in [0.4, 0.5) is 0 Å². The minimum absolute atomic E-state index is 0.449. The second kappa shape index (κ2) is 7.33. The van der Waals surface area contributed by atoms with E-state index in [4.69, 9.17) is 11.6 Å². The molecule has 0 saturated carbocycles. The molecule has 1 aliphatic heterocycles. The summed E-state index contributed by atoms with van der Waals surface area (Å²) in [6.07, 6.45) is 1.08. The van der Waals surface area contributed by atoms with Gasteiger partial charge >= 0.3 is 0 Å². The molecule has 2 unspecified atom stereocenters. The highest BCUT2D eigenvalue weighted by atomic mass is 35.5. The van der Waals surface area contributed by atoms with Crippen LogP contribution >= 0.6 is 23.4 Å². The molecule has 1 aliphatic rings. The molecule has 1 aromatic carbocycles. The lowest BCUT2D eigenvalue weighted by Gasteiger charge is -2.34. The largest absolute Gasteiger partial charge is 0.388 e. The first-order chi connectivity index (χ1) is 9.89. The van der Waals surface area contributed by atoms with Crippen molar-refractivity contribution < 1.29 is 13.5 Å². The molecule has 0 bridgehead atoms. The molecule has 2 atom stereocenters. The Hall–Kier alpha value is -0.270. The van der Waals surface area contributed by atoms with Crippen molar-refractivity contribution in [3.63, 3.8) is 0 Å². The average molecular weight is 350 g/mol. The average Bonchev–Trinajstić information content (AvgIpc) is 2.44. The summed E-state index contributed by atoms with van der Waals surface area (Å²) in [5.74, 6) is 1.52. The van der Waals surface area contributed by atoms with E-state index in [0.717, 1.165) is 12.3 Å². The predicted molar refractivity (Wildman–Crippen MR) is 88.6 cm³/mol. The Morgan fingerprint density at radius 3 is 2.86 bits per heavy atom. The number of hydrogen-bond donors (Lipinski definition) is 1. The van der Waals surface area contributed by atoms with Gasteiger partial charge in [0.05, 0.1) is 6.10 Å². The van der Waals surface area contributed by atoms with Crippen LogP contribution < -0.4 is 0 Å². The van der Waals surface area contributed by atoms with Crippen LogP contribution in [0.5, 0.6) is 0 Å². The molecule has 1 N–H and O–H groups in total. The van der Waals surface area contributed by atoms with Gasteiger partial charge in [-0.25, -0.2) is 8.42 Å². The molecule has 4 nitrogen and oxygen atoms in total. The third-order valence-electron chi connectivity index (χ3n) is 3.64. The zero-order valence-corrected chi connectivity index (χ0v) is 14.3. The van der Waals surface area contributed by atoms with Gasteiger partial charge in [0.1, 0.15) is 5.37 Å². The van der Waals surface area contributed by atoms with Crippen LogP contribution in [0.1, 0.15) is 18.1 Å². The predicted octanol–water partition coefficient (Wildman–Crippen LogP) is 2.18. The summed E-state index contributed by atoms with van der Waals surface area (Å²) < 4.78 is 23.7. The highest BCUT2D eigenvalue weighted by Gasteiger charge is 2.31. The number of thioether (sulfide) groups is 1. The number of rotatable bonds is 5. The van der Waals surface area contributed by atoms with E-state index in [-0.39, 0.29) is 0 Å². The molecule has 21 heavy (non-hydrogen) atoms. The lowest BCUT2D eigenvalue weighted by molar-refractivity contribution is 0.140. The number of hydrogen-bond acceptors (Lipinski definition) is 5. The number of halogens is 1. The van der Waals surface area contributed by atoms with Crippen molar-refractivity contribution in [1.29, 1.82) is 0 Å². The maximum Gasteiger partial charge on any atom is 0.164 e. The zero-order valence-electron chi connectivity index (χ0n) is 11.9. The van der Waals surface area contributed by atoms with Crippen molar-refractivity contribution in [2.45, 2.75) is 17.9 Å². The summed E-state index contributed by atoms with van der Waals surface area (Å²) in [6, 6.07) is 7.20. The lowest BCUT2D eigenvalue weighted by Crippen LogP contribution is -2.47. The summed E-state index contributed by atoms with van der Waals surface area (Å²) >= 11 is 7.73. The van der Waals surface area contributed by atoms with Gasteiger partial charge in [-0.3, -0.25) is 4.90 Å². The molecular formula is C14H20ClNO3S2. The normalized spacial score (nSPS) is 22.1. The zero-order chi connectivity index (χ0) is 15.5. The van der Waals surface area contributed by atoms with E-state index in [9.17, 15) is 13.5 Å². The van der Waals surface area contributed by atoms with Crippen LogP contribution in [0, 0.1) is 0 Å². The summed E-state index contributed by atoms with van der Waals surface area (Å²) in [5.41, 5.74) is 0.696. The van der Waals surface area contributed by atoms with E-state index in [2.05, 4.69) is 0 Å². The second-order valence-corrected chi connectivity index (χ2v) is 8.98. The van der Waals surface area contributed by atoms with E-state index in [1.54, 1.807) is 23.9 Å². The Morgan fingerprint density at radius 1 is 1.48 bits per heavy atom. The first kappa shape index (κ1) is 17.1. The van der Waals surface area contributed by atoms with E-state index in [0.29, 0.717) is 29.3 Å². The fraction of sp³-hybridized carbons (Fsp3) is 0.571. The fourth-order valence-corrected chi connectivity index (χ4v) is 5.69. The minimum atomic E-state index is -3.10. The number of aliphatic hydroxyl groups is 1. The number of nitrogens with zero attached hydrogens (tertiary/aromatic N) is 1. The lowest BCUT2D eigenvalue weighted by atomic mass is 10.1. The van der Waals surface area contributed by atoms with Gasteiger partial charge in [0.2, 0.25) is 0 Å². The minimum Gasteiger partial charge on any atom is -0.388 e. The van der Waals surface area contributed by atoms with Crippen LogP contribution in [-0.4, -0.2) is 54.6 Å². The van der Waals surface area contributed by atoms with Gasteiger partial charge < -0.3 is 5.11 Å². The Bertz CT molecular complexity index is 579. The SMILES string of the molecule is CS(=O)(=O)C1CSCCN1CCC(O)c1ccccc1Cl. The number of sulfone groups is 1. The Labute approximate surface area is 135 Å². The van der Waals surface area contributed by atoms with E-state index >= 15 is 0 Å². The van der Waals surface area contributed by atoms with E-state index in [1.165, 1.54) is 6.26 Å². The summed E-state index contributed by atoms with van der Waals surface area (Å²) in [4.78, 5) is 1.95. The first-order valence-electron chi connectivity index (χ1n) is 6.82. The van der Waals surface area contributed by atoms with Crippen molar-refractivity contribution >= 4 is 33.2 Å². The summed E-state index contributed by atoms with van der Waals surface area (Å²) in [6.45, 7) is 1.28. The molecule has 2 rings (SSSR count). The maximum atomic E-state index is 11.8. The topological polar surface area (TPSA) is 57.6 Å². The van der Waals surface area contributed by atoms with Gasteiger partial charge in [-0.2, -0.15) is 11.8 Å². The molecule has 7 heteroatoms. The van der Waals surface area contributed by atoms with Crippen LogP contribution in [0.3, 0.4) is 0 Å². The van der Waals surface area contributed by atoms with Crippen LogP contribution in [0.25, 0.3) is 0 Å². The highest BCUT2D eigenvalue weighted by Crippen LogP contribution is 2.27. The van der Waals surface area contributed by atoms with Crippen LogP contribution in [0.15, 0.2) is 24.3 Å². The van der Waals surface area contributed by atoms with Crippen molar-refractivity contribution in [1.82, 2.24) is 4.90 Å². The van der Waals surface area contributed by atoms with Gasteiger partial charge in [0, 0.05) is 35.9 Å². The smallest absolute Gasteiger partial charge is 0.164 e. The second-order valence-electron chi connectivity index (χ2n) is 5.22.